The van der Waals surface area contributed by atoms with Gasteiger partial charge in [-0.2, -0.15) is 0 Å². The summed E-state index contributed by atoms with van der Waals surface area (Å²) in [4.78, 5) is 4.93. The molecule has 0 spiro atoms. The molecular formula is C63H52N2O2. The number of para-hydroxylation sites is 6. The lowest BCUT2D eigenvalue weighted by atomic mass is 9.82. The van der Waals surface area contributed by atoms with Gasteiger partial charge in [0, 0.05) is 43.9 Å². The fraction of sp³-hybridized carbons (Fsp3) is 0.175. The van der Waals surface area contributed by atoms with Crippen molar-refractivity contribution in [2.24, 2.45) is 0 Å². The van der Waals surface area contributed by atoms with Gasteiger partial charge in [-0.05, 0) is 138 Å². The highest BCUT2D eigenvalue weighted by atomic mass is 16.3. The van der Waals surface area contributed by atoms with Crippen LogP contribution in [0.3, 0.4) is 0 Å². The molecule has 4 heteroatoms. The quantitative estimate of drug-likeness (QED) is 0.135. The standard InChI is InChI=1S/C63H52N2O2/c1-3-45-56(64(43-24-6-4-7-25-43)54-32-18-30-49-46-28-14-16-34-58(46)66-62(49)54)39-53(42-22-12-13-23-42)48-36-37-51-57(38-52(41-20-10-11-21-41)40(2)60(51)61(45)48)65(44-26-8-5-9-27-44)55-33-19-31-50-47-29-15-17-35-59(47)67-63(50)55/h3-9,14-19,24-39,41-42H,1,10-13,20-23H2,2H3. The minimum atomic E-state index is 0.446. The van der Waals surface area contributed by atoms with Crippen LogP contribution >= 0.6 is 0 Å². The molecule has 2 fully saturated rings. The maximum atomic E-state index is 6.86. The monoisotopic (exact) mass is 868 g/mol. The molecule has 0 N–H and O–H groups in total. The van der Waals surface area contributed by atoms with Gasteiger partial charge in [0.15, 0.2) is 11.2 Å². The van der Waals surface area contributed by atoms with Crippen molar-refractivity contribution in [1.29, 1.82) is 0 Å². The van der Waals surface area contributed by atoms with Crippen LogP contribution in [-0.4, -0.2) is 0 Å². The number of fused-ring (bicyclic) bond motifs is 9. The van der Waals surface area contributed by atoms with E-state index in [-0.39, 0.29) is 0 Å². The molecule has 0 atom stereocenters. The Labute approximate surface area is 391 Å². The van der Waals surface area contributed by atoms with E-state index in [1.165, 1.54) is 95.3 Å². The molecule has 11 aromatic rings. The van der Waals surface area contributed by atoms with Crippen molar-refractivity contribution in [2.45, 2.75) is 70.1 Å². The summed E-state index contributed by atoms with van der Waals surface area (Å²) >= 11 is 0. The zero-order valence-corrected chi connectivity index (χ0v) is 38.0. The van der Waals surface area contributed by atoms with Gasteiger partial charge in [-0.1, -0.05) is 148 Å². The van der Waals surface area contributed by atoms with Gasteiger partial charge in [-0.15, -0.1) is 0 Å². The van der Waals surface area contributed by atoms with E-state index in [2.05, 4.69) is 193 Å². The molecular weight excluding hydrogens is 817 g/mol. The molecule has 326 valence electrons. The topological polar surface area (TPSA) is 32.8 Å². The summed E-state index contributed by atoms with van der Waals surface area (Å²) in [5, 5.41) is 9.60. The van der Waals surface area contributed by atoms with Crippen molar-refractivity contribution in [3.05, 3.63) is 199 Å². The van der Waals surface area contributed by atoms with Gasteiger partial charge in [0.25, 0.3) is 0 Å². The van der Waals surface area contributed by atoms with E-state index in [1.54, 1.807) is 0 Å². The molecule has 2 aliphatic rings. The first-order chi connectivity index (χ1) is 33.1. The van der Waals surface area contributed by atoms with E-state index in [9.17, 15) is 0 Å². The molecule has 2 aromatic heterocycles. The number of furan rings is 2. The van der Waals surface area contributed by atoms with Crippen LogP contribution in [0.25, 0.3) is 71.5 Å². The molecule has 2 aliphatic carbocycles. The first-order valence-electron chi connectivity index (χ1n) is 24.3. The maximum Gasteiger partial charge on any atom is 0.159 e. The predicted molar refractivity (Wildman–Crippen MR) is 283 cm³/mol. The van der Waals surface area contributed by atoms with E-state index in [1.807, 2.05) is 0 Å². The van der Waals surface area contributed by atoms with Crippen LogP contribution in [0.1, 0.15) is 85.5 Å². The molecule has 0 unspecified atom stereocenters. The van der Waals surface area contributed by atoms with E-state index < -0.39 is 0 Å². The molecule has 2 heterocycles. The minimum Gasteiger partial charge on any atom is -0.454 e. The molecule has 0 saturated heterocycles. The SMILES string of the molecule is C=Cc1c(N(c2ccccc2)c2cccc3c2oc2ccccc23)cc(C2CCCC2)c2ccc3c(N(c4ccccc4)c4cccc5c4oc4ccccc45)cc(C4CCCC4)c(C)c3c12. The van der Waals surface area contributed by atoms with Crippen molar-refractivity contribution in [3.63, 3.8) is 0 Å². The van der Waals surface area contributed by atoms with Crippen molar-refractivity contribution in [2.75, 3.05) is 9.80 Å². The molecule has 67 heavy (non-hydrogen) atoms. The number of nitrogens with zero attached hydrogens (tertiary/aromatic N) is 2. The van der Waals surface area contributed by atoms with Crippen LogP contribution in [0, 0.1) is 6.92 Å². The average Bonchev–Trinajstić information content (AvgIpc) is 4.23. The van der Waals surface area contributed by atoms with Gasteiger partial charge in [-0.3, -0.25) is 0 Å². The van der Waals surface area contributed by atoms with Gasteiger partial charge >= 0.3 is 0 Å². The second-order valence-electron chi connectivity index (χ2n) is 18.9. The number of aryl methyl sites for hydroxylation is 1. The number of anilines is 6. The third kappa shape index (κ3) is 6.33. The summed E-state index contributed by atoms with van der Waals surface area (Å²) in [6.07, 6.45) is 11.9. The first-order valence-corrected chi connectivity index (χ1v) is 24.3. The Balaban J connectivity index is 1.17. The third-order valence-corrected chi connectivity index (χ3v) is 15.3. The first kappa shape index (κ1) is 39.8. The minimum absolute atomic E-state index is 0.446. The van der Waals surface area contributed by atoms with E-state index in [0.29, 0.717) is 11.8 Å². The summed E-state index contributed by atoms with van der Waals surface area (Å²) in [5.74, 6) is 0.913. The zero-order valence-electron chi connectivity index (χ0n) is 38.0. The molecule has 0 radical (unpaired) electrons. The van der Waals surface area contributed by atoms with Crippen LogP contribution in [0.2, 0.25) is 0 Å². The Hall–Kier alpha value is -7.56. The fourth-order valence-electron chi connectivity index (χ4n) is 12.2. The Kier molecular flexibility index (Phi) is 9.56. The Morgan fingerprint density at radius 2 is 0.896 bits per heavy atom. The normalized spacial score (nSPS) is 14.7. The molecule has 4 nitrogen and oxygen atoms in total. The second-order valence-corrected chi connectivity index (χ2v) is 18.9. The molecule has 2 saturated carbocycles. The molecule has 0 amide bonds. The van der Waals surface area contributed by atoms with Crippen LogP contribution < -0.4 is 9.80 Å². The lowest BCUT2D eigenvalue weighted by Crippen LogP contribution is -2.14. The Morgan fingerprint density at radius 3 is 1.45 bits per heavy atom. The van der Waals surface area contributed by atoms with E-state index in [0.717, 1.165) is 77.9 Å². The summed E-state index contributed by atoms with van der Waals surface area (Å²) in [5.41, 5.74) is 15.4. The van der Waals surface area contributed by atoms with E-state index >= 15 is 0 Å². The predicted octanol–water partition coefficient (Wildman–Crippen LogP) is 19.0. The van der Waals surface area contributed by atoms with Crippen molar-refractivity contribution in [3.8, 4) is 0 Å². The molecule has 0 aliphatic heterocycles. The van der Waals surface area contributed by atoms with Gasteiger partial charge in [0.1, 0.15) is 11.2 Å². The summed E-state index contributed by atoms with van der Waals surface area (Å²) in [6.45, 7) is 7.11. The highest BCUT2D eigenvalue weighted by Crippen LogP contribution is 2.53. The fourth-order valence-corrected chi connectivity index (χ4v) is 12.2. The zero-order chi connectivity index (χ0) is 44.6. The highest BCUT2D eigenvalue weighted by molar-refractivity contribution is 6.21. The van der Waals surface area contributed by atoms with Gasteiger partial charge in [0.05, 0.1) is 22.7 Å². The van der Waals surface area contributed by atoms with Crippen LogP contribution in [0.4, 0.5) is 34.1 Å². The lowest BCUT2D eigenvalue weighted by molar-refractivity contribution is 0.668. The van der Waals surface area contributed by atoms with Crippen LogP contribution in [0.15, 0.2) is 185 Å². The maximum absolute atomic E-state index is 6.86. The molecule has 0 bridgehead atoms. The smallest absolute Gasteiger partial charge is 0.159 e. The van der Waals surface area contributed by atoms with Gasteiger partial charge in [0.2, 0.25) is 0 Å². The Morgan fingerprint density at radius 1 is 0.433 bits per heavy atom. The Bertz CT molecular complexity index is 3700. The average molecular weight is 869 g/mol. The summed E-state index contributed by atoms with van der Waals surface area (Å²) in [6, 6.07) is 61.8. The van der Waals surface area contributed by atoms with Crippen molar-refractivity contribution < 1.29 is 8.83 Å². The number of hydrogen-bond acceptors (Lipinski definition) is 4. The number of rotatable bonds is 9. The number of benzene rings is 9. The van der Waals surface area contributed by atoms with E-state index in [4.69, 9.17) is 15.4 Å². The number of hydrogen-bond donors (Lipinski definition) is 0. The van der Waals surface area contributed by atoms with Crippen LogP contribution in [-0.2, 0) is 0 Å². The largest absolute Gasteiger partial charge is 0.454 e. The van der Waals surface area contributed by atoms with Crippen LogP contribution in [0.5, 0.6) is 0 Å². The van der Waals surface area contributed by atoms with Crippen molar-refractivity contribution >= 4 is 106 Å². The van der Waals surface area contributed by atoms with Gasteiger partial charge in [-0.25, -0.2) is 0 Å². The second kappa shape index (κ2) is 16.1. The molecule has 13 rings (SSSR count). The summed E-state index contributed by atoms with van der Waals surface area (Å²) < 4.78 is 13.7. The highest BCUT2D eigenvalue weighted by Gasteiger charge is 2.31. The third-order valence-electron chi connectivity index (χ3n) is 15.3. The lowest BCUT2D eigenvalue weighted by Gasteiger charge is -2.32. The van der Waals surface area contributed by atoms with Crippen molar-refractivity contribution in [1.82, 2.24) is 0 Å². The van der Waals surface area contributed by atoms with Gasteiger partial charge < -0.3 is 18.6 Å². The summed E-state index contributed by atoms with van der Waals surface area (Å²) in [7, 11) is 0. The molecule has 9 aromatic carbocycles.